The van der Waals surface area contributed by atoms with E-state index in [9.17, 15) is 4.57 Å². The van der Waals surface area contributed by atoms with E-state index in [4.69, 9.17) is 14.8 Å². The molecule has 5 heteroatoms. The molecule has 2 N–H and O–H groups in total. The van der Waals surface area contributed by atoms with E-state index in [-0.39, 0.29) is 0 Å². The van der Waals surface area contributed by atoms with Crippen LogP contribution in [0.15, 0.2) is 0 Å². The van der Waals surface area contributed by atoms with E-state index in [0.29, 0.717) is 19.1 Å². The Hall–Kier alpha value is 0.110. The van der Waals surface area contributed by atoms with Gasteiger partial charge in [0.2, 0.25) is 0 Å². The van der Waals surface area contributed by atoms with Crippen LogP contribution in [0.5, 0.6) is 0 Å². The van der Waals surface area contributed by atoms with Gasteiger partial charge in [0, 0.05) is 0 Å². The summed E-state index contributed by atoms with van der Waals surface area (Å²) in [5.41, 5.74) is 6.29. The van der Waals surface area contributed by atoms with Crippen molar-refractivity contribution in [3.05, 3.63) is 0 Å². The second-order valence-electron chi connectivity index (χ2n) is 4.64. The Bertz CT molecular complexity index is 262. The average Bonchev–Trinajstić information content (AvgIpc) is 2.17. The summed E-state index contributed by atoms with van der Waals surface area (Å²) in [6.45, 7) is 6.54. The lowest BCUT2D eigenvalue weighted by Gasteiger charge is -2.40. The van der Waals surface area contributed by atoms with Crippen LogP contribution in [-0.4, -0.2) is 18.5 Å². The fourth-order valence-electron chi connectivity index (χ4n) is 2.45. The molecule has 0 saturated heterocycles. The van der Waals surface area contributed by atoms with Crippen molar-refractivity contribution in [3.63, 3.8) is 0 Å². The van der Waals surface area contributed by atoms with Gasteiger partial charge in [0.15, 0.2) is 0 Å². The molecule has 1 aliphatic rings. The number of hydrogen-bond acceptors (Lipinski definition) is 4. The molecule has 96 valence electrons. The van der Waals surface area contributed by atoms with Gasteiger partial charge >= 0.3 is 7.60 Å². The zero-order valence-corrected chi connectivity index (χ0v) is 11.5. The third-order valence-corrected chi connectivity index (χ3v) is 5.85. The van der Waals surface area contributed by atoms with Crippen molar-refractivity contribution in [1.29, 1.82) is 0 Å². The molecule has 2 atom stereocenters. The van der Waals surface area contributed by atoms with Gasteiger partial charge < -0.3 is 14.8 Å². The van der Waals surface area contributed by atoms with Gasteiger partial charge in [0.1, 0.15) is 5.28 Å². The Balaban J connectivity index is 2.86. The monoisotopic (exact) mass is 249 g/mol. The Kier molecular flexibility index (Phi) is 4.99. The van der Waals surface area contributed by atoms with Crippen LogP contribution in [0.1, 0.15) is 46.5 Å². The normalized spacial score (nSPS) is 31.6. The minimum Gasteiger partial charge on any atom is -0.315 e. The summed E-state index contributed by atoms with van der Waals surface area (Å²) in [5.74, 6) is 0.494. The van der Waals surface area contributed by atoms with E-state index in [0.717, 1.165) is 25.7 Å². The summed E-state index contributed by atoms with van der Waals surface area (Å²) in [7, 11) is -3.17. The Morgan fingerprint density at radius 1 is 1.38 bits per heavy atom. The van der Waals surface area contributed by atoms with Crippen LogP contribution in [0.2, 0.25) is 0 Å². The van der Waals surface area contributed by atoms with Crippen LogP contribution in [0.4, 0.5) is 0 Å². The van der Waals surface area contributed by atoms with Gasteiger partial charge in [0.05, 0.1) is 13.2 Å². The lowest BCUT2D eigenvalue weighted by molar-refractivity contribution is 0.171. The predicted molar refractivity (Wildman–Crippen MR) is 65.4 cm³/mol. The van der Waals surface area contributed by atoms with Crippen molar-refractivity contribution in [2.45, 2.75) is 51.7 Å². The first-order valence-corrected chi connectivity index (χ1v) is 7.70. The fourth-order valence-corrected chi connectivity index (χ4v) is 4.68. The highest BCUT2D eigenvalue weighted by Gasteiger charge is 2.49. The van der Waals surface area contributed by atoms with Crippen molar-refractivity contribution in [1.82, 2.24) is 0 Å². The quantitative estimate of drug-likeness (QED) is 0.760. The lowest BCUT2D eigenvalue weighted by Crippen LogP contribution is -2.44. The highest BCUT2D eigenvalue weighted by molar-refractivity contribution is 7.55. The Labute approximate surface area is 98.4 Å². The molecule has 0 aromatic heterocycles. The first-order valence-electron chi connectivity index (χ1n) is 6.15. The van der Waals surface area contributed by atoms with Crippen LogP contribution in [0, 0.1) is 5.92 Å². The van der Waals surface area contributed by atoms with Gasteiger partial charge in [-0.2, -0.15) is 0 Å². The molecule has 0 aromatic carbocycles. The van der Waals surface area contributed by atoms with Crippen LogP contribution >= 0.6 is 7.60 Å². The van der Waals surface area contributed by atoms with Gasteiger partial charge in [-0.1, -0.05) is 19.8 Å². The van der Waals surface area contributed by atoms with Crippen LogP contribution in [0.25, 0.3) is 0 Å². The van der Waals surface area contributed by atoms with Crippen LogP contribution < -0.4 is 5.73 Å². The third kappa shape index (κ3) is 2.86. The summed E-state index contributed by atoms with van der Waals surface area (Å²) in [4.78, 5) is 0. The Morgan fingerprint density at radius 3 is 2.38 bits per heavy atom. The van der Waals surface area contributed by atoms with Gasteiger partial charge in [-0.3, -0.25) is 4.57 Å². The maximum absolute atomic E-state index is 12.7. The SMILES string of the molecule is CCOP(=O)(OCC)C1(N)CCCC(C)C1. The molecule has 0 aliphatic heterocycles. The van der Waals surface area contributed by atoms with E-state index < -0.39 is 12.9 Å². The average molecular weight is 249 g/mol. The first kappa shape index (κ1) is 14.2. The van der Waals surface area contributed by atoms with Crippen molar-refractivity contribution in [2.75, 3.05) is 13.2 Å². The molecule has 0 radical (unpaired) electrons. The zero-order valence-electron chi connectivity index (χ0n) is 10.6. The molecule has 1 saturated carbocycles. The van der Waals surface area contributed by atoms with E-state index in [1.165, 1.54) is 0 Å². The second-order valence-corrected chi connectivity index (χ2v) is 7.04. The molecule has 0 amide bonds. The summed E-state index contributed by atoms with van der Waals surface area (Å²) in [6, 6.07) is 0. The molecule has 1 aliphatic carbocycles. The van der Waals surface area contributed by atoms with Crippen molar-refractivity contribution in [2.24, 2.45) is 11.7 Å². The number of hydrogen-bond donors (Lipinski definition) is 1. The molecule has 1 fully saturated rings. The van der Waals surface area contributed by atoms with E-state index in [1.54, 1.807) is 0 Å². The standard InChI is InChI=1S/C11H24NO3P/c1-4-14-16(13,15-5-2)11(12)8-6-7-10(3)9-11/h10H,4-9,12H2,1-3H3. The van der Waals surface area contributed by atoms with Crippen molar-refractivity contribution in [3.8, 4) is 0 Å². The molecule has 2 unspecified atom stereocenters. The van der Waals surface area contributed by atoms with Crippen molar-refractivity contribution < 1.29 is 13.6 Å². The highest BCUT2D eigenvalue weighted by Crippen LogP contribution is 2.62. The molecule has 0 bridgehead atoms. The smallest absolute Gasteiger partial charge is 0.315 e. The van der Waals surface area contributed by atoms with Crippen LogP contribution in [0.3, 0.4) is 0 Å². The summed E-state index contributed by atoms with van der Waals surface area (Å²) >= 11 is 0. The zero-order chi connectivity index (χ0) is 12.2. The minimum atomic E-state index is -3.17. The first-order chi connectivity index (χ1) is 7.47. The summed E-state index contributed by atoms with van der Waals surface area (Å²) in [5, 5.41) is -0.781. The molecular weight excluding hydrogens is 225 g/mol. The highest BCUT2D eigenvalue weighted by atomic mass is 31.2. The maximum atomic E-state index is 12.7. The number of nitrogens with two attached hydrogens (primary N) is 1. The van der Waals surface area contributed by atoms with Crippen molar-refractivity contribution >= 4 is 7.60 Å². The minimum absolute atomic E-state index is 0.380. The van der Waals surface area contributed by atoms with E-state index >= 15 is 0 Å². The molecule has 0 spiro atoms. The van der Waals surface area contributed by atoms with Gasteiger partial charge in [0.25, 0.3) is 0 Å². The number of rotatable bonds is 5. The molecule has 16 heavy (non-hydrogen) atoms. The maximum Gasteiger partial charge on any atom is 0.350 e. The van der Waals surface area contributed by atoms with Crippen LogP contribution in [-0.2, 0) is 13.6 Å². The van der Waals surface area contributed by atoms with E-state index in [2.05, 4.69) is 6.92 Å². The largest absolute Gasteiger partial charge is 0.350 e. The predicted octanol–water partition coefficient (Wildman–Crippen LogP) is 3.12. The fraction of sp³-hybridized carbons (Fsp3) is 1.00. The van der Waals surface area contributed by atoms with E-state index in [1.807, 2.05) is 13.8 Å². The topological polar surface area (TPSA) is 61.5 Å². The van der Waals surface area contributed by atoms with Gasteiger partial charge in [-0.05, 0) is 32.6 Å². The molecule has 0 heterocycles. The Morgan fingerprint density at radius 2 is 1.94 bits per heavy atom. The molecular formula is C11H24NO3P. The van der Waals surface area contributed by atoms with Gasteiger partial charge in [-0.25, -0.2) is 0 Å². The summed E-state index contributed by atoms with van der Waals surface area (Å²) in [6.07, 6.45) is 3.61. The summed E-state index contributed by atoms with van der Waals surface area (Å²) < 4.78 is 23.4. The lowest BCUT2D eigenvalue weighted by atomic mass is 9.87. The molecule has 1 rings (SSSR count). The molecule has 0 aromatic rings. The second kappa shape index (κ2) is 5.63. The molecule has 4 nitrogen and oxygen atoms in total. The third-order valence-electron chi connectivity index (χ3n) is 3.15. The van der Waals surface area contributed by atoms with Gasteiger partial charge in [-0.15, -0.1) is 0 Å².